The van der Waals surface area contributed by atoms with Crippen LogP contribution in [0.4, 0.5) is 0 Å². The minimum Gasteiger partial charge on any atom is -0.390 e. The molecule has 0 aliphatic heterocycles. The van der Waals surface area contributed by atoms with Gasteiger partial charge in [0.1, 0.15) is 0 Å². The van der Waals surface area contributed by atoms with Gasteiger partial charge in [-0.3, -0.25) is 9.78 Å². The summed E-state index contributed by atoms with van der Waals surface area (Å²) in [5.74, 6) is 0. The third-order valence-electron chi connectivity index (χ3n) is 1.67. The van der Waals surface area contributed by atoms with E-state index < -0.39 is 0 Å². The number of carbonyl (C=O) groups excluding carboxylic acids is 1. The lowest BCUT2D eigenvalue weighted by molar-refractivity contribution is -0.103. The summed E-state index contributed by atoms with van der Waals surface area (Å²) in [7, 11) is 3.62. The number of aromatic nitrogens is 2. The van der Waals surface area contributed by atoms with Gasteiger partial charge in [-0.25, -0.2) is 4.98 Å². The van der Waals surface area contributed by atoms with E-state index in [1.54, 1.807) is 11.1 Å². The Labute approximate surface area is 88.1 Å². The zero-order valence-electron chi connectivity index (χ0n) is 8.71. The van der Waals surface area contributed by atoms with Crippen LogP contribution in [0.15, 0.2) is 18.6 Å². The van der Waals surface area contributed by atoms with Gasteiger partial charge in [0.25, 0.3) is 0 Å². The fourth-order valence-corrected chi connectivity index (χ4v) is 1.06. The Bertz CT molecular complexity index is 375. The number of hydrogen-bond donors (Lipinski definition) is 1. The monoisotopic (exact) mass is 207 g/mol. The standard InChI is InChI=1S/C10H13N3O2/c1-13(2)5-8(6-14)10-4-11-3-9(7-15)12-10/h3-6,15H,7H2,1-2H3. The Morgan fingerprint density at radius 1 is 1.53 bits per heavy atom. The van der Waals surface area contributed by atoms with Gasteiger partial charge in [-0.15, -0.1) is 0 Å². The van der Waals surface area contributed by atoms with E-state index >= 15 is 0 Å². The molecule has 1 heterocycles. The number of carbonyl (C=O) groups is 1. The number of allylic oxidation sites excluding steroid dienone is 1. The number of aldehydes is 1. The van der Waals surface area contributed by atoms with Gasteiger partial charge in [-0.1, -0.05) is 0 Å². The first kappa shape index (κ1) is 11.3. The molecule has 0 saturated carbocycles. The lowest BCUT2D eigenvalue weighted by Gasteiger charge is -2.07. The van der Waals surface area contributed by atoms with E-state index in [-0.39, 0.29) is 6.61 Å². The van der Waals surface area contributed by atoms with Crippen molar-refractivity contribution in [2.45, 2.75) is 6.61 Å². The molecule has 0 saturated heterocycles. The van der Waals surface area contributed by atoms with Crippen molar-refractivity contribution in [3.8, 4) is 0 Å². The van der Waals surface area contributed by atoms with Crippen molar-refractivity contribution in [2.75, 3.05) is 14.1 Å². The summed E-state index contributed by atoms with van der Waals surface area (Å²) in [5, 5.41) is 8.88. The number of rotatable bonds is 4. The van der Waals surface area contributed by atoms with Crippen LogP contribution in [0.2, 0.25) is 0 Å². The summed E-state index contributed by atoms with van der Waals surface area (Å²) in [5.41, 5.74) is 1.34. The average molecular weight is 207 g/mol. The normalized spacial score (nSPS) is 11.3. The second kappa shape index (κ2) is 5.21. The average Bonchev–Trinajstić information content (AvgIpc) is 2.25. The Morgan fingerprint density at radius 2 is 2.27 bits per heavy atom. The second-order valence-corrected chi connectivity index (χ2v) is 3.22. The fraction of sp³-hybridized carbons (Fsp3) is 0.300. The molecule has 0 aliphatic rings. The molecule has 1 N–H and O–H groups in total. The van der Waals surface area contributed by atoms with Crippen molar-refractivity contribution < 1.29 is 9.90 Å². The van der Waals surface area contributed by atoms with Crippen LogP contribution in [-0.2, 0) is 11.4 Å². The quantitative estimate of drug-likeness (QED) is 0.559. The van der Waals surface area contributed by atoms with Crippen LogP contribution in [0.1, 0.15) is 11.4 Å². The summed E-state index contributed by atoms with van der Waals surface area (Å²) in [6, 6.07) is 0. The predicted molar refractivity (Wildman–Crippen MR) is 55.7 cm³/mol. The highest BCUT2D eigenvalue weighted by molar-refractivity contribution is 6.05. The van der Waals surface area contributed by atoms with Gasteiger partial charge < -0.3 is 10.0 Å². The minimum absolute atomic E-state index is 0.186. The van der Waals surface area contributed by atoms with E-state index in [1.165, 1.54) is 12.4 Å². The molecule has 80 valence electrons. The van der Waals surface area contributed by atoms with Crippen molar-refractivity contribution in [3.63, 3.8) is 0 Å². The van der Waals surface area contributed by atoms with E-state index in [0.717, 1.165) is 0 Å². The topological polar surface area (TPSA) is 66.3 Å². The summed E-state index contributed by atoms with van der Waals surface area (Å²) >= 11 is 0. The van der Waals surface area contributed by atoms with Crippen LogP contribution in [0, 0.1) is 0 Å². The maximum atomic E-state index is 10.8. The van der Waals surface area contributed by atoms with E-state index in [4.69, 9.17) is 5.11 Å². The van der Waals surface area contributed by atoms with E-state index in [9.17, 15) is 4.79 Å². The maximum absolute atomic E-state index is 10.8. The molecule has 5 heteroatoms. The summed E-state index contributed by atoms with van der Waals surface area (Å²) in [6.07, 6.45) is 5.31. The number of nitrogens with zero attached hydrogens (tertiary/aromatic N) is 3. The van der Waals surface area contributed by atoms with Gasteiger partial charge in [0.2, 0.25) is 0 Å². The summed E-state index contributed by atoms with van der Waals surface area (Å²) in [4.78, 5) is 20.5. The van der Waals surface area contributed by atoms with Crippen LogP contribution < -0.4 is 0 Å². The number of aliphatic hydroxyl groups excluding tert-OH is 1. The van der Waals surface area contributed by atoms with E-state index in [2.05, 4.69) is 9.97 Å². The van der Waals surface area contributed by atoms with Crippen LogP contribution >= 0.6 is 0 Å². The van der Waals surface area contributed by atoms with Gasteiger partial charge in [0, 0.05) is 20.3 Å². The van der Waals surface area contributed by atoms with Crippen molar-refractivity contribution in [1.29, 1.82) is 0 Å². The lowest BCUT2D eigenvalue weighted by Crippen LogP contribution is -2.05. The number of hydrogen-bond acceptors (Lipinski definition) is 5. The molecule has 0 amide bonds. The van der Waals surface area contributed by atoms with Crippen molar-refractivity contribution in [2.24, 2.45) is 0 Å². The zero-order valence-corrected chi connectivity index (χ0v) is 8.71. The molecule has 0 aromatic carbocycles. The lowest BCUT2D eigenvalue weighted by atomic mass is 10.2. The predicted octanol–water partition coefficient (Wildman–Crippen LogP) is 0.0703. The minimum atomic E-state index is -0.186. The van der Waals surface area contributed by atoms with Gasteiger partial charge in [-0.05, 0) is 0 Å². The molecule has 5 nitrogen and oxygen atoms in total. The molecule has 0 unspecified atom stereocenters. The largest absolute Gasteiger partial charge is 0.390 e. The van der Waals surface area contributed by atoms with Crippen LogP contribution in [0.3, 0.4) is 0 Å². The highest BCUT2D eigenvalue weighted by atomic mass is 16.3. The molecular formula is C10H13N3O2. The molecule has 0 spiro atoms. The molecule has 0 radical (unpaired) electrons. The molecule has 1 rings (SSSR count). The second-order valence-electron chi connectivity index (χ2n) is 3.22. The molecule has 0 atom stereocenters. The Morgan fingerprint density at radius 3 is 2.80 bits per heavy atom. The zero-order chi connectivity index (χ0) is 11.3. The first-order chi connectivity index (χ1) is 7.17. The molecular weight excluding hydrogens is 194 g/mol. The van der Waals surface area contributed by atoms with Gasteiger partial charge in [-0.2, -0.15) is 0 Å². The first-order valence-corrected chi connectivity index (χ1v) is 4.43. The Hall–Kier alpha value is -1.75. The molecule has 0 fully saturated rings. The maximum Gasteiger partial charge on any atom is 0.153 e. The van der Waals surface area contributed by atoms with E-state index in [0.29, 0.717) is 23.2 Å². The smallest absolute Gasteiger partial charge is 0.153 e. The van der Waals surface area contributed by atoms with E-state index in [1.807, 2.05) is 14.1 Å². The highest BCUT2D eigenvalue weighted by Gasteiger charge is 2.04. The van der Waals surface area contributed by atoms with Gasteiger partial charge in [0.05, 0.1) is 36.0 Å². The van der Waals surface area contributed by atoms with Crippen LogP contribution in [-0.4, -0.2) is 40.4 Å². The highest BCUT2D eigenvalue weighted by Crippen LogP contribution is 2.08. The fourth-order valence-electron chi connectivity index (χ4n) is 1.06. The summed E-state index contributed by atoms with van der Waals surface area (Å²) < 4.78 is 0. The molecule has 0 bridgehead atoms. The Balaban J connectivity index is 3.07. The molecule has 15 heavy (non-hydrogen) atoms. The van der Waals surface area contributed by atoms with Crippen molar-refractivity contribution in [3.05, 3.63) is 30.0 Å². The SMILES string of the molecule is CN(C)C=C(C=O)c1cncc(CO)n1. The van der Waals surface area contributed by atoms with Crippen LogP contribution in [0.5, 0.6) is 0 Å². The number of aliphatic hydroxyl groups is 1. The van der Waals surface area contributed by atoms with Crippen molar-refractivity contribution >= 4 is 11.9 Å². The summed E-state index contributed by atoms with van der Waals surface area (Å²) in [6.45, 7) is -0.186. The Kier molecular flexibility index (Phi) is 3.93. The van der Waals surface area contributed by atoms with Gasteiger partial charge >= 0.3 is 0 Å². The molecule has 1 aromatic rings. The van der Waals surface area contributed by atoms with Crippen LogP contribution in [0.25, 0.3) is 5.57 Å². The third-order valence-corrected chi connectivity index (χ3v) is 1.67. The van der Waals surface area contributed by atoms with Gasteiger partial charge in [0.15, 0.2) is 6.29 Å². The first-order valence-electron chi connectivity index (χ1n) is 4.43. The molecule has 0 aliphatic carbocycles. The third kappa shape index (κ3) is 3.14. The van der Waals surface area contributed by atoms with Crippen molar-refractivity contribution in [1.82, 2.24) is 14.9 Å². The molecule has 1 aromatic heterocycles.